The third-order valence-corrected chi connectivity index (χ3v) is 7.18. The lowest BCUT2D eigenvalue weighted by molar-refractivity contribution is -0.386. The van der Waals surface area contributed by atoms with Crippen molar-refractivity contribution in [2.24, 2.45) is 5.92 Å². The van der Waals surface area contributed by atoms with Crippen molar-refractivity contribution >= 4 is 11.6 Å². The molecule has 8 heteroatoms. The summed E-state index contributed by atoms with van der Waals surface area (Å²) < 4.78 is 15.8. The summed E-state index contributed by atoms with van der Waals surface area (Å²) in [4.78, 5) is 24.6. The van der Waals surface area contributed by atoms with Gasteiger partial charge >= 0.3 is 5.69 Å². The first kappa shape index (κ1) is 22.7. The number of methoxy groups -OCH3 is 3. The Morgan fingerprint density at radius 2 is 1.51 bits per heavy atom. The number of benzene rings is 3. The highest BCUT2D eigenvalue weighted by molar-refractivity contribution is 6.00. The number of fused-ring (bicyclic) bond motifs is 1. The molecule has 0 fully saturated rings. The van der Waals surface area contributed by atoms with Crippen molar-refractivity contribution in [2.75, 3.05) is 27.9 Å². The van der Waals surface area contributed by atoms with Gasteiger partial charge in [0.15, 0.2) is 5.75 Å². The molecule has 1 N–H and O–H groups in total. The first-order valence-electron chi connectivity index (χ1n) is 11.4. The maximum atomic E-state index is 13.3. The van der Waals surface area contributed by atoms with Crippen molar-refractivity contribution in [3.63, 3.8) is 0 Å². The Balaban J connectivity index is 1.47. The Hall–Kier alpha value is -4.07. The second-order valence-electron chi connectivity index (χ2n) is 8.79. The van der Waals surface area contributed by atoms with Gasteiger partial charge in [-0.3, -0.25) is 14.9 Å². The van der Waals surface area contributed by atoms with Crippen molar-refractivity contribution in [3.05, 3.63) is 92.5 Å². The Morgan fingerprint density at radius 3 is 2.03 bits per heavy atom. The molecule has 1 atom stereocenters. The minimum atomic E-state index is -0.634. The van der Waals surface area contributed by atoms with Crippen molar-refractivity contribution in [1.82, 2.24) is 5.32 Å². The summed E-state index contributed by atoms with van der Waals surface area (Å²) in [7, 11) is 4.05. The summed E-state index contributed by atoms with van der Waals surface area (Å²) in [6.45, 7) is 0.385. The van der Waals surface area contributed by atoms with Crippen molar-refractivity contribution in [1.29, 1.82) is 0 Å². The molecular weight excluding hydrogens is 448 g/mol. The summed E-state index contributed by atoms with van der Waals surface area (Å²) in [6.07, 6.45) is 0.899. The number of nitrogens with one attached hydrogen (secondary N) is 1. The van der Waals surface area contributed by atoms with Gasteiger partial charge in [-0.25, -0.2) is 0 Å². The van der Waals surface area contributed by atoms with Crippen LogP contribution in [0.15, 0.2) is 54.6 Å². The third-order valence-electron chi connectivity index (χ3n) is 7.18. The van der Waals surface area contributed by atoms with Gasteiger partial charge in [0.25, 0.3) is 5.91 Å². The van der Waals surface area contributed by atoms with E-state index in [0.29, 0.717) is 6.54 Å². The third kappa shape index (κ3) is 3.56. The van der Waals surface area contributed by atoms with E-state index in [-0.39, 0.29) is 40.6 Å². The van der Waals surface area contributed by atoms with Gasteiger partial charge in [-0.15, -0.1) is 0 Å². The van der Waals surface area contributed by atoms with Gasteiger partial charge in [0.1, 0.15) is 5.56 Å². The number of carbonyl (C=O) groups excluding carboxylic acids is 1. The predicted molar refractivity (Wildman–Crippen MR) is 130 cm³/mol. The van der Waals surface area contributed by atoms with E-state index in [9.17, 15) is 14.9 Å². The fourth-order valence-corrected chi connectivity index (χ4v) is 5.77. The second-order valence-corrected chi connectivity index (χ2v) is 8.79. The fraction of sp³-hybridized carbons (Fsp3) is 0.296. The Bertz CT molecular complexity index is 1270. The second kappa shape index (κ2) is 8.94. The van der Waals surface area contributed by atoms with Crippen LogP contribution in [0.1, 0.15) is 50.9 Å². The topological polar surface area (TPSA) is 99.9 Å². The quantitative estimate of drug-likeness (QED) is 0.395. The molecule has 0 aliphatic heterocycles. The molecule has 0 saturated heterocycles. The standard InChI is InChI=1S/C27H26N2O6/c1-33-22-13-21(24(29(31)32)26(35-3)25(22)34-2)27(30)28-14-15-12-20-16-8-4-6-10-18(16)23(15)19-11-7-5-9-17(19)20/h4-11,13,15,20,23H,12,14H2,1-3H3,(H,28,30). The number of hydrogen-bond donors (Lipinski definition) is 1. The molecule has 1 amide bonds. The van der Waals surface area contributed by atoms with Crippen molar-refractivity contribution < 1.29 is 23.9 Å². The lowest BCUT2D eigenvalue weighted by Gasteiger charge is -2.45. The van der Waals surface area contributed by atoms with E-state index in [2.05, 4.69) is 53.8 Å². The van der Waals surface area contributed by atoms with Crippen LogP contribution in [-0.4, -0.2) is 38.7 Å². The van der Waals surface area contributed by atoms with E-state index >= 15 is 0 Å². The molecule has 0 radical (unpaired) electrons. The number of rotatable bonds is 7. The highest BCUT2D eigenvalue weighted by Gasteiger charge is 2.43. The van der Waals surface area contributed by atoms with E-state index in [1.165, 1.54) is 49.6 Å². The van der Waals surface area contributed by atoms with E-state index in [1.54, 1.807) is 0 Å². The van der Waals surface area contributed by atoms with Crippen LogP contribution in [0.25, 0.3) is 0 Å². The average molecular weight is 475 g/mol. The molecule has 0 saturated carbocycles. The van der Waals surface area contributed by atoms with Crippen LogP contribution in [0, 0.1) is 16.0 Å². The van der Waals surface area contributed by atoms with E-state index < -0.39 is 16.5 Å². The van der Waals surface area contributed by atoms with Gasteiger partial charge in [-0.2, -0.15) is 0 Å². The van der Waals surface area contributed by atoms with Crippen LogP contribution >= 0.6 is 0 Å². The summed E-state index contributed by atoms with van der Waals surface area (Å²) in [5.74, 6) is 0.124. The minimum absolute atomic E-state index is 0.0658. The number of nitrogens with zero attached hydrogens (tertiary/aromatic N) is 1. The number of amides is 1. The number of carbonyl (C=O) groups is 1. The van der Waals surface area contributed by atoms with Crippen LogP contribution in [0.4, 0.5) is 5.69 Å². The zero-order valence-electron chi connectivity index (χ0n) is 19.7. The van der Waals surface area contributed by atoms with Crippen LogP contribution < -0.4 is 19.5 Å². The maximum absolute atomic E-state index is 13.3. The molecule has 2 bridgehead atoms. The molecule has 3 aliphatic carbocycles. The predicted octanol–water partition coefficient (Wildman–Crippen LogP) is 4.65. The molecule has 3 aromatic rings. The average Bonchev–Trinajstić information content (AvgIpc) is 2.90. The number of ether oxygens (including phenoxy) is 3. The largest absolute Gasteiger partial charge is 0.493 e. The van der Waals surface area contributed by atoms with Crippen LogP contribution in [0.2, 0.25) is 0 Å². The Morgan fingerprint density at radius 1 is 0.943 bits per heavy atom. The lowest BCUT2D eigenvalue weighted by Crippen LogP contribution is -2.39. The molecule has 3 aromatic carbocycles. The number of nitro groups is 1. The molecule has 3 aliphatic rings. The smallest absolute Gasteiger partial charge is 0.327 e. The van der Waals surface area contributed by atoms with Gasteiger partial charge < -0.3 is 19.5 Å². The minimum Gasteiger partial charge on any atom is -0.493 e. The molecule has 6 rings (SSSR count). The van der Waals surface area contributed by atoms with E-state index in [1.807, 2.05) is 0 Å². The molecule has 8 nitrogen and oxygen atoms in total. The Labute approximate surface area is 203 Å². The van der Waals surface area contributed by atoms with E-state index in [0.717, 1.165) is 6.42 Å². The van der Waals surface area contributed by atoms with Gasteiger partial charge in [0, 0.05) is 24.4 Å². The molecule has 1 unspecified atom stereocenters. The molecular formula is C27H26N2O6. The normalized spacial score (nSPS) is 19.3. The van der Waals surface area contributed by atoms with Gasteiger partial charge in [0.05, 0.1) is 26.3 Å². The number of hydrogen-bond acceptors (Lipinski definition) is 6. The first-order valence-corrected chi connectivity index (χ1v) is 11.4. The Kier molecular flexibility index (Phi) is 5.80. The van der Waals surface area contributed by atoms with Crippen LogP contribution in [0.5, 0.6) is 17.2 Å². The first-order chi connectivity index (χ1) is 17.0. The molecule has 180 valence electrons. The van der Waals surface area contributed by atoms with Crippen molar-refractivity contribution in [2.45, 2.75) is 18.3 Å². The highest BCUT2D eigenvalue weighted by Crippen LogP contribution is 2.55. The van der Waals surface area contributed by atoms with Crippen molar-refractivity contribution in [3.8, 4) is 17.2 Å². The summed E-state index contributed by atoms with van der Waals surface area (Å²) in [5.41, 5.74) is 4.69. The summed E-state index contributed by atoms with van der Waals surface area (Å²) >= 11 is 0. The van der Waals surface area contributed by atoms with Gasteiger partial charge in [-0.1, -0.05) is 48.5 Å². The SMILES string of the molecule is COc1cc(C(=O)NCC2CC3c4ccccc4C2c2ccccc23)c([N+](=O)[O-])c(OC)c1OC. The highest BCUT2D eigenvalue weighted by atomic mass is 16.6. The van der Waals surface area contributed by atoms with Gasteiger partial charge in [0.2, 0.25) is 11.5 Å². The lowest BCUT2D eigenvalue weighted by atomic mass is 9.59. The molecule has 0 aromatic heterocycles. The maximum Gasteiger partial charge on any atom is 0.327 e. The van der Waals surface area contributed by atoms with E-state index in [4.69, 9.17) is 14.2 Å². The summed E-state index contributed by atoms with van der Waals surface area (Å²) in [5, 5.41) is 14.9. The zero-order chi connectivity index (χ0) is 24.7. The molecule has 0 spiro atoms. The molecule has 35 heavy (non-hydrogen) atoms. The molecule has 0 heterocycles. The monoisotopic (exact) mass is 474 g/mol. The van der Waals surface area contributed by atoms with Gasteiger partial charge in [-0.05, 0) is 34.6 Å². The van der Waals surface area contributed by atoms with Crippen LogP contribution in [0.3, 0.4) is 0 Å². The number of nitro benzene ring substituents is 1. The zero-order valence-corrected chi connectivity index (χ0v) is 19.7. The summed E-state index contributed by atoms with van der Waals surface area (Å²) in [6, 6.07) is 18.3. The van der Waals surface area contributed by atoms with Crippen LogP contribution in [-0.2, 0) is 0 Å². The fourth-order valence-electron chi connectivity index (χ4n) is 5.77.